The summed E-state index contributed by atoms with van der Waals surface area (Å²) in [4.78, 5) is 0. The van der Waals surface area contributed by atoms with Crippen LogP contribution >= 0.6 is 0 Å². The molecule has 0 saturated carbocycles. The quantitative estimate of drug-likeness (QED) is 0.854. The Balaban J connectivity index is 2.55. The zero-order valence-corrected chi connectivity index (χ0v) is 13.5. The summed E-state index contributed by atoms with van der Waals surface area (Å²) in [5, 5.41) is 3.49. The summed E-state index contributed by atoms with van der Waals surface area (Å²) in [6, 6.07) is 9.72. The van der Waals surface area contributed by atoms with Crippen LogP contribution in [-0.4, -0.2) is 6.54 Å². The monoisotopic (exact) mass is 285 g/mol. The molecule has 0 radical (unpaired) electrons. The van der Waals surface area contributed by atoms with Crippen molar-refractivity contribution >= 4 is 0 Å². The molecule has 1 N–H and O–H groups in total. The maximum Gasteiger partial charge on any atom is 0.123 e. The van der Waals surface area contributed by atoms with E-state index in [0.717, 1.165) is 17.7 Å². The average Bonchev–Trinajstić information content (AvgIpc) is 2.39. The highest BCUT2D eigenvalue weighted by Crippen LogP contribution is 2.28. The zero-order chi connectivity index (χ0) is 15.6. The third-order valence-corrected chi connectivity index (χ3v) is 4.00. The molecule has 0 aliphatic heterocycles. The third-order valence-electron chi connectivity index (χ3n) is 4.00. The van der Waals surface area contributed by atoms with E-state index in [9.17, 15) is 4.39 Å². The first-order chi connectivity index (χ1) is 9.92. The molecular weight excluding hydrogens is 261 g/mol. The van der Waals surface area contributed by atoms with Crippen molar-refractivity contribution in [3.8, 4) is 0 Å². The molecule has 0 amide bonds. The maximum absolute atomic E-state index is 13.8. The van der Waals surface area contributed by atoms with Crippen LogP contribution in [0.4, 0.5) is 4.39 Å². The number of nitrogens with one attached hydrogen (secondary N) is 1. The molecule has 0 fully saturated rings. The predicted molar refractivity (Wildman–Crippen MR) is 87.3 cm³/mol. The van der Waals surface area contributed by atoms with E-state index in [4.69, 9.17) is 0 Å². The van der Waals surface area contributed by atoms with Crippen LogP contribution in [-0.2, 0) is 0 Å². The van der Waals surface area contributed by atoms with Crippen molar-refractivity contribution in [1.29, 1.82) is 0 Å². The lowest BCUT2D eigenvalue weighted by molar-refractivity contribution is 0.600. The number of aryl methyl sites for hydroxylation is 4. The molecule has 2 heteroatoms. The molecule has 1 atom stereocenters. The van der Waals surface area contributed by atoms with Crippen molar-refractivity contribution in [2.45, 2.75) is 40.7 Å². The van der Waals surface area contributed by atoms with Crippen molar-refractivity contribution in [1.82, 2.24) is 5.32 Å². The normalized spacial score (nSPS) is 12.5. The van der Waals surface area contributed by atoms with Crippen LogP contribution in [0.1, 0.15) is 46.3 Å². The van der Waals surface area contributed by atoms with Gasteiger partial charge in [-0.2, -0.15) is 0 Å². The largest absolute Gasteiger partial charge is 0.307 e. The van der Waals surface area contributed by atoms with Gasteiger partial charge in [0.15, 0.2) is 0 Å². The van der Waals surface area contributed by atoms with Crippen molar-refractivity contribution in [3.63, 3.8) is 0 Å². The van der Waals surface area contributed by atoms with Gasteiger partial charge in [0.05, 0.1) is 6.04 Å². The van der Waals surface area contributed by atoms with Gasteiger partial charge in [0.2, 0.25) is 0 Å². The van der Waals surface area contributed by atoms with E-state index in [0.29, 0.717) is 0 Å². The molecule has 2 aromatic carbocycles. The smallest absolute Gasteiger partial charge is 0.123 e. The fourth-order valence-electron chi connectivity index (χ4n) is 2.84. The molecule has 112 valence electrons. The van der Waals surface area contributed by atoms with Gasteiger partial charge < -0.3 is 5.32 Å². The first-order valence-electron chi connectivity index (χ1n) is 7.50. The molecule has 0 bridgehead atoms. The predicted octanol–water partition coefficient (Wildman–Crippen LogP) is 4.76. The van der Waals surface area contributed by atoms with Crippen LogP contribution in [0.25, 0.3) is 0 Å². The van der Waals surface area contributed by atoms with Crippen LogP contribution in [0.3, 0.4) is 0 Å². The Morgan fingerprint density at radius 2 is 1.57 bits per heavy atom. The van der Waals surface area contributed by atoms with Crippen molar-refractivity contribution in [3.05, 3.63) is 69.5 Å². The van der Waals surface area contributed by atoms with Gasteiger partial charge in [-0.25, -0.2) is 4.39 Å². The van der Waals surface area contributed by atoms with Gasteiger partial charge in [-0.05, 0) is 79.8 Å². The van der Waals surface area contributed by atoms with Gasteiger partial charge in [-0.15, -0.1) is 0 Å². The van der Waals surface area contributed by atoms with E-state index < -0.39 is 0 Å². The second-order valence-electron chi connectivity index (χ2n) is 5.85. The molecule has 1 unspecified atom stereocenters. The number of hydrogen-bond acceptors (Lipinski definition) is 1. The first-order valence-corrected chi connectivity index (χ1v) is 7.50. The summed E-state index contributed by atoms with van der Waals surface area (Å²) in [6.45, 7) is 11.2. The summed E-state index contributed by atoms with van der Waals surface area (Å²) in [6.07, 6.45) is 0. The minimum Gasteiger partial charge on any atom is -0.307 e. The maximum atomic E-state index is 13.8. The lowest BCUT2D eigenvalue weighted by Gasteiger charge is -2.23. The molecule has 2 rings (SSSR count). The van der Waals surface area contributed by atoms with E-state index in [2.05, 4.69) is 51.2 Å². The summed E-state index contributed by atoms with van der Waals surface area (Å²) >= 11 is 0. The number of benzene rings is 2. The zero-order valence-electron chi connectivity index (χ0n) is 13.5. The van der Waals surface area contributed by atoms with Crippen LogP contribution < -0.4 is 5.32 Å². The highest BCUT2D eigenvalue weighted by atomic mass is 19.1. The van der Waals surface area contributed by atoms with Gasteiger partial charge >= 0.3 is 0 Å². The highest BCUT2D eigenvalue weighted by Gasteiger charge is 2.17. The Morgan fingerprint density at radius 3 is 2.19 bits per heavy atom. The Morgan fingerprint density at radius 1 is 0.905 bits per heavy atom. The highest BCUT2D eigenvalue weighted by molar-refractivity contribution is 5.43. The summed E-state index contributed by atoms with van der Waals surface area (Å²) in [5.74, 6) is -0.172. The molecule has 0 spiro atoms. The summed E-state index contributed by atoms with van der Waals surface area (Å²) < 4.78 is 13.8. The van der Waals surface area contributed by atoms with Gasteiger partial charge in [0, 0.05) is 0 Å². The van der Waals surface area contributed by atoms with Crippen LogP contribution in [0.2, 0.25) is 0 Å². The molecule has 0 heterocycles. The molecule has 1 nitrogen and oxygen atoms in total. The fraction of sp³-hybridized carbons (Fsp3) is 0.368. The lowest BCUT2D eigenvalue weighted by atomic mass is 9.91. The Kier molecular flexibility index (Phi) is 4.79. The number of rotatable bonds is 4. The Hall–Kier alpha value is -1.67. The van der Waals surface area contributed by atoms with Crippen molar-refractivity contribution < 1.29 is 4.39 Å². The molecule has 21 heavy (non-hydrogen) atoms. The SMILES string of the molecule is CCNC(c1cc(C)cc(F)c1)c1cc(C)c(C)cc1C. The van der Waals surface area contributed by atoms with Gasteiger partial charge in [0.1, 0.15) is 5.82 Å². The fourth-order valence-corrected chi connectivity index (χ4v) is 2.84. The van der Waals surface area contributed by atoms with Gasteiger partial charge in [-0.3, -0.25) is 0 Å². The Labute approximate surface area is 127 Å². The van der Waals surface area contributed by atoms with E-state index in [1.165, 1.54) is 22.3 Å². The third kappa shape index (κ3) is 3.51. The molecule has 0 saturated heterocycles. The van der Waals surface area contributed by atoms with Crippen molar-refractivity contribution in [2.75, 3.05) is 6.54 Å². The lowest BCUT2D eigenvalue weighted by Crippen LogP contribution is -2.23. The van der Waals surface area contributed by atoms with E-state index in [-0.39, 0.29) is 11.9 Å². The summed E-state index contributed by atoms with van der Waals surface area (Å²) in [7, 11) is 0. The van der Waals surface area contributed by atoms with Crippen LogP contribution in [0.5, 0.6) is 0 Å². The molecule has 0 aromatic heterocycles. The van der Waals surface area contributed by atoms with Crippen molar-refractivity contribution in [2.24, 2.45) is 0 Å². The standard InChI is InChI=1S/C19H24FN/c1-6-21-19(16-7-12(2)8-17(20)11-16)18-10-14(4)13(3)9-15(18)5/h7-11,19,21H,6H2,1-5H3. The van der Waals surface area contributed by atoms with Gasteiger partial charge in [-0.1, -0.05) is 25.1 Å². The molecular formula is C19H24FN. The van der Waals surface area contributed by atoms with Gasteiger partial charge in [0.25, 0.3) is 0 Å². The average molecular weight is 285 g/mol. The number of halogens is 1. The Bertz CT molecular complexity index is 626. The number of hydrogen-bond donors (Lipinski definition) is 1. The topological polar surface area (TPSA) is 12.0 Å². The first kappa shape index (κ1) is 15.7. The second-order valence-corrected chi connectivity index (χ2v) is 5.85. The second kappa shape index (κ2) is 6.40. The van der Waals surface area contributed by atoms with E-state index in [1.54, 1.807) is 12.1 Å². The molecule has 2 aromatic rings. The minimum atomic E-state index is -0.172. The van der Waals surface area contributed by atoms with Crippen LogP contribution in [0.15, 0.2) is 30.3 Å². The van der Waals surface area contributed by atoms with Crippen LogP contribution in [0, 0.1) is 33.5 Å². The summed E-state index contributed by atoms with van der Waals surface area (Å²) in [5.41, 5.74) is 6.97. The van der Waals surface area contributed by atoms with E-state index in [1.807, 2.05) is 6.92 Å². The molecule has 0 aliphatic rings. The minimum absolute atomic E-state index is 0.0312. The van der Waals surface area contributed by atoms with E-state index >= 15 is 0 Å². The molecule has 0 aliphatic carbocycles.